The molecule has 0 radical (unpaired) electrons. The third-order valence-electron chi connectivity index (χ3n) is 5.06. The summed E-state index contributed by atoms with van der Waals surface area (Å²) < 4.78 is 7.12. The van der Waals surface area contributed by atoms with Gasteiger partial charge in [-0.1, -0.05) is 13.8 Å². The molecule has 1 aliphatic carbocycles. The molecule has 1 saturated carbocycles. The van der Waals surface area contributed by atoms with Gasteiger partial charge in [-0.3, -0.25) is 0 Å². The quantitative estimate of drug-likeness (QED) is 0.882. The number of benzene rings is 1. The molecule has 0 unspecified atom stereocenters. The molecule has 130 valence electrons. The smallest absolute Gasteiger partial charge is 0.176 e. The second-order valence-electron chi connectivity index (χ2n) is 6.80. The summed E-state index contributed by atoms with van der Waals surface area (Å²) in [4.78, 5) is 0. The van der Waals surface area contributed by atoms with Crippen molar-refractivity contribution in [2.75, 3.05) is 13.7 Å². The molecule has 1 heterocycles. The number of hydrogen-bond donors (Lipinski definition) is 1. The molecular formula is C18H27N5O. The lowest BCUT2D eigenvalue weighted by molar-refractivity contribution is 0.183. The van der Waals surface area contributed by atoms with Gasteiger partial charge in [0, 0.05) is 0 Å². The predicted molar refractivity (Wildman–Crippen MR) is 93.3 cm³/mol. The van der Waals surface area contributed by atoms with Gasteiger partial charge in [0.15, 0.2) is 5.82 Å². The lowest BCUT2D eigenvalue weighted by atomic mass is 9.76. The monoisotopic (exact) mass is 329 g/mol. The fraction of sp³-hybridized carbons (Fsp3) is 0.611. The van der Waals surface area contributed by atoms with Crippen LogP contribution in [0.15, 0.2) is 24.3 Å². The Balaban J connectivity index is 1.95. The molecular weight excluding hydrogens is 302 g/mol. The van der Waals surface area contributed by atoms with Crippen LogP contribution in [0.25, 0.3) is 5.69 Å². The highest BCUT2D eigenvalue weighted by Crippen LogP contribution is 2.39. The number of rotatable bonds is 6. The van der Waals surface area contributed by atoms with Gasteiger partial charge in [0.2, 0.25) is 0 Å². The van der Waals surface area contributed by atoms with Gasteiger partial charge < -0.3 is 10.1 Å². The number of ether oxygens (including phenoxy) is 1. The highest BCUT2D eigenvalue weighted by Gasteiger charge is 2.40. The van der Waals surface area contributed by atoms with E-state index in [0.29, 0.717) is 0 Å². The first kappa shape index (κ1) is 16.9. The number of methoxy groups -OCH3 is 1. The summed E-state index contributed by atoms with van der Waals surface area (Å²) in [6, 6.07) is 7.88. The Kier molecular flexibility index (Phi) is 5.14. The second-order valence-corrected chi connectivity index (χ2v) is 6.80. The average Bonchev–Trinajstić information content (AvgIpc) is 3.12. The van der Waals surface area contributed by atoms with Crippen LogP contribution >= 0.6 is 0 Å². The van der Waals surface area contributed by atoms with Crippen LogP contribution in [0.2, 0.25) is 0 Å². The molecule has 24 heavy (non-hydrogen) atoms. The van der Waals surface area contributed by atoms with E-state index in [1.807, 2.05) is 28.9 Å². The standard InChI is InChI=1S/C18H27N5O/c1-4-13-19-18(11-9-14(2)10-12-18)17-20-21-22-23(17)15-5-7-16(24-3)8-6-15/h5-8,14,19H,4,9-13H2,1-3H3. The zero-order valence-corrected chi connectivity index (χ0v) is 14.8. The molecule has 1 aromatic carbocycles. The first-order chi connectivity index (χ1) is 11.7. The van der Waals surface area contributed by atoms with Crippen molar-refractivity contribution in [1.82, 2.24) is 25.5 Å². The Morgan fingerprint density at radius 2 is 1.96 bits per heavy atom. The third-order valence-corrected chi connectivity index (χ3v) is 5.06. The molecule has 0 spiro atoms. The van der Waals surface area contributed by atoms with E-state index in [1.54, 1.807) is 7.11 Å². The molecule has 6 nitrogen and oxygen atoms in total. The van der Waals surface area contributed by atoms with Crippen molar-refractivity contribution in [3.63, 3.8) is 0 Å². The Morgan fingerprint density at radius 1 is 1.25 bits per heavy atom. The van der Waals surface area contributed by atoms with Crippen LogP contribution in [0.4, 0.5) is 0 Å². The van der Waals surface area contributed by atoms with Crippen molar-refractivity contribution in [2.45, 2.75) is 51.5 Å². The topological polar surface area (TPSA) is 64.9 Å². The Labute approximate surface area is 143 Å². The van der Waals surface area contributed by atoms with Crippen LogP contribution in [0.3, 0.4) is 0 Å². The zero-order valence-electron chi connectivity index (χ0n) is 14.8. The van der Waals surface area contributed by atoms with Crippen LogP contribution in [-0.2, 0) is 5.54 Å². The van der Waals surface area contributed by atoms with Crippen molar-refractivity contribution in [1.29, 1.82) is 0 Å². The lowest BCUT2D eigenvalue weighted by Crippen LogP contribution is -2.47. The summed E-state index contributed by atoms with van der Waals surface area (Å²) in [6.45, 7) is 5.50. The summed E-state index contributed by atoms with van der Waals surface area (Å²) in [6.07, 6.45) is 5.65. The van der Waals surface area contributed by atoms with E-state index in [4.69, 9.17) is 4.74 Å². The molecule has 1 aromatic heterocycles. The molecule has 2 aromatic rings. The summed E-state index contributed by atoms with van der Waals surface area (Å²) in [5.74, 6) is 2.53. The molecule has 6 heteroatoms. The van der Waals surface area contributed by atoms with E-state index in [-0.39, 0.29) is 5.54 Å². The van der Waals surface area contributed by atoms with Crippen LogP contribution in [0, 0.1) is 5.92 Å². The van der Waals surface area contributed by atoms with Gasteiger partial charge >= 0.3 is 0 Å². The molecule has 1 aliphatic rings. The highest BCUT2D eigenvalue weighted by molar-refractivity contribution is 5.37. The Hall–Kier alpha value is -1.95. The number of aromatic nitrogens is 4. The number of tetrazole rings is 1. The summed E-state index contributed by atoms with van der Waals surface area (Å²) in [5, 5.41) is 16.4. The fourth-order valence-electron chi connectivity index (χ4n) is 3.48. The molecule has 3 rings (SSSR count). The van der Waals surface area contributed by atoms with Gasteiger partial charge in [-0.15, -0.1) is 5.10 Å². The normalized spacial score (nSPS) is 24.0. The largest absolute Gasteiger partial charge is 0.497 e. The van der Waals surface area contributed by atoms with Crippen molar-refractivity contribution < 1.29 is 4.74 Å². The SMILES string of the molecule is CCCNC1(c2nnnn2-c2ccc(OC)cc2)CCC(C)CC1. The first-order valence-electron chi connectivity index (χ1n) is 8.87. The number of nitrogens with one attached hydrogen (secondary N) is 1. The van der Waals surface area contributed by atoms with Crippen molar-refractivity contribution in [2.24, 2.45) is 5.92 Å². The van der Waals surface area contributed by atoms with E-state index in [9.17, 15) is 0 Å². The van der Waals surface area contributed by atoms with Gasteiger partial charge in [-0.05, 0) is 79.3 Å². The summed E-state index contributed by atoms with van der Waals surface area (Å²) in [5.41, 5.74) is 0.832. The average molecular weight is 329 g/mol. The minimum atomic E-state index is -0.133. The van der Waals surface area contributed by atoms with Crippen LogP contribution in [-0.4, -0.2) is 33.9 Å². The van der Waals surface area contributed by atoms with Crippen LogP contribution in [0.1, 0.15) is 51.8 Å². The minimum Gasteiger partial charge on any atom is -0.497 e. The zero-order chi connectivity index (χ0) is 17.0. The predicted octanol–water partition coefficient (Wildman–Crippen LogP) is 3.08. The lowest BCUT2D eigenvalue weighted by Gasteiger charge is -2.39. The summed E-state index contributed by atoms with van der Waals surface area (Å²) >= 11 is 0. The Morgan fingerprint density at radius 3 is 2.58 bits per heavy atom. The van der Waals surface area contributed by atoms with Crippen LogP contribution in [0.5, 0.6) is 5.75 Å². The van der Waals surface area contributed by atoms with E-state index < -0.39 is 0 Å². The maximum atomic E-state index is 5.24. The van der Waals surface area contributed by atoms with E-state index in [1.165, 1.54) is 12.8 Å². The molecule has 0 bridgehead atoms. The second kappa shape index (κ2) is 7.30. The first-order valence-corrected chi connectivity index (χ1v) is 8.87. The molecule has 0 aliphatic heterocycles. The molecule has 0 saturated heterocycles. The minimum absolute atomic E-state index is 0.133. The molecule has 1 N–H and O–H groups in total. The highest BCUT2D eigenvalue weighted by atomic mass is 16.5. The molecule has 1 fully saturated rings. The van der Waals surface area contributed by atoms with Gasteiger partial charge in [-0.2, -0.15) is 4.68 Å². The van der Waals surface area contributed by atoms with Crippen molar-refractivity contribution in [3.8, 4) is 11.4 Å². The fourth-order valence-corrected chi connectivity index (χ4v) is 3.48. The maximum Gasteiger partial charge on any atom is 0.176 e. The van der Waals surface area contributed by atoms with E-state index >= 15 is 0 Å². The van der Waals surface area contributed by atoms with Crippen LogP contribution < -0.4 is 10.1 Å². The molecule has 0 atom stereocenters. The van der Waals surface area contributed by atoms with E-state index in [2.05, 4.69) is 34.7 Å². The van der Waals surface area contributed by atoms with Crippen molar-refractivity contribution in [3.05, 3.63) is 30.1 Å². The van der Waals surface area contributed by atoms with Gasteiger partial charge in [-0.25, -0.2) is 0 Å². The van der Waals surface area contributed by atoms with Gasteiger partial charge in [0.25, 0.3) is 0 Å². The third kappa shape index (κ3) is 3.29. The van der Waals surface area contributed by atoms with Crippen molar-refractivity contribution >= 4 is 0 Å². The number of hydrogen-bond acceptors (Lipinski definition) is 5. The maximum absolute atomic E-state index is 5.24. The van der Waals surface area contributed by atoms with E-state index in [0.717, 1.165) is 49.0 Å². The summed E-state index contributed by atoms with van der Waals surface area (Å²) in [7, 11) is 1.67. The number of nitrogens with zero attached hydrogens (tertiary/aromatic N) is 4. The van der Waals surface area contributed by atoms with Gasteiger partial charge in [0.05, 0.1) is 18.3 Å². The van der Waals surface area contributed by atoms with Gasteiger partial charge in [0.1, 0.15) is 5.75 Å². The Bertz CT molecular complexity index is 638. The molecule has 0 amide bonds.